The second kappa shape index (κ2) is 7.10. The van der Waals surface area contributed by atoms with Crippen molar-refractivity contribution in [3.8, 4) is 0 Å². The van der Waals surface area contributed by atoms with E-state index in [2.05, 4.69) is 35.2 Å². The lowest BCUT2D eigenvalue weighted by molar-refractivity contribution is 0.285. The number of rotatable bonds is 7. The molecular formula is C16H23N3O. The molecule has 0 atom stereocenters. The third-order valence-corrected chi connectivity index (χ3v) is 3.06. The highest BCUT2D eigenvalue weighted by Gasteiger charge is 2.05. The standard InChI is InChI=1S/C16H23N3O/c1-4-9-17-16-8-6-14(10-18-16)11-19(3)12-15-7-5-13(2)20-15/h5-8,10H,4,9,11-12H2,1-3H3,(H,17,18). The number of furan rings is 1. The van der Waals surface area contributed by atoms with E-state index in [1.54, 1.807) is 0 Å². The Labute approximate surface area is 120 Å². The van der Waals surface area contributed by atoms with Crippen molar-refractivity contribution in [2.75, 3.05) is 18.9 Å². The Morgan fingerprint density at radius 2 is 2.05 bits per heavy atom. The first-order valence-corrected chi connectivity index (χ1v) is 7.10. The molecule has 108 valence electrons. The summed E-state index contributed by atoms with van der Waals surface area (Å²) in [5.41, 5.74) is 1.21. The van der Waals surface area contributed by atoms with Crippen LogP contribution in [-0.4, -0.2) is 23.5 Å². The monoisotopic (exact) mass is 273 g/mol. The van der Waals surface area contributed by atoms with Gasteiger partial charge in [-0.2, -0.15) is 0 Å². The topological polar surface area (TPSA) is 41.3 Å². The minimum absolute atomic E-state index is 0.809. The minimum Gasteiger partial charge on any atom is -0.465 e. The molecule has 20 heavy (non-hydrogen) atoms. The van der Waals surface area contributed by atoms with Crippen LogP contribution in [0.4, 0.5) is 5.82 Å². The Morgan fingerprint density at radius 1 is 1.20 bits per heavy atom. The van der Waals surface area contributed by atoms with Gasteiger partial charge in [0, 0.05) is 19.3 Å². The summed E-state index contributed by atoms with van der Waals surface area (Å²) in [5.74, 6) is 2.90. The molecule has 0 aliphatic heterocycles. The first-order chi connectivity index (χ1) is 9.67. The van der Waals surface area contributed by atoms with E-state index in [-0.39, 0.29) is 0 Å². The summed E-state index contributed by atoms with van der Waals surface area (Å²) in [6, 6.07) is 8.19. The second-order valence-corrected chi connectivity index (χ2v) is 5.16. The molecule has 2 heterocycles. The Kier molecular flexibility index (Phi) is 5.18. The van der Waals surface area contributed by atoms with Gasteiger partial charge in [-0.25, -0.2) is 4.98 Å². The lowest BCUT2D eigenvalue weighted by atomic mass is 10.2. The molecule has 0 bridgehead atoms. The van der Waals surface area contributed by atoms with Gasteiger partial charge in [0.25, 0.3) is 0 Å². The summed E-state index contributed by atoms with van der Waals surface area (Å²) in [6.45, 7) is 6.75. The van der Waals surface area contributed by atoms with Gasteiger partial charge in [-0.3, -0.25) is 4.90 Å². The molecule has 2 aromatic heterocycles. The van der Waals surface area contributed by atoms with E-state index >= 15 is 0 Å². The predicted octanol–water partition coefficient (Wildman–Crippen LogP) is 3.44. The van der Waals surface area contributed by atoms with Crippen LogP contribution in [0.1, 0.15) is 30.4 Å². The summed E-state index contributed by atoms with van der Waals surface area (Å²) in [7, 11) is 2.08. The molecular weight excluding hydrogens is 250 g/mol. The Balaban J connectivity index is 1.85. The van der Waals surface area contributed by atoms with Crippen molar-refractivity contribution >= 4 is 5.82 Å². The van der Waals surface area contributed by atoms with Gasteiger partial charge >= 0.3 is 0 Å². The zero-order valence-corrected chi connectivity index (χ0v) is 12.5. The van der Waals surface area contributed by atoms with E-state index in [4.69, 9.17) is 4.42 Å². The summed E-state index contributed by atoms with van der Waals surface area (Å²) < 4.78 is 5.59. The van der Waals surface area contributed by atoms with E-state index in [0.717, 1.165) is 43.4 Å². The quantitative estimate of drug-likeness (QED) is 0.839. The van der Waals surface area contributed by atoms with Gasteiger partial charge in [-0.1, -0.05) is 13.0 Å². The Hall–Kier alpha value is -1.81. The maximum absolute atomic E-state index is 5.59. The lowest BCUT2D eigenvalue weighted by Crippen LogP contribution is -2.17. The number of pyridine rings is 1. The van der Waals surface area contributed by atoms with Gasteiger partial charge in [0.15, 0.2) is 0 Å². The number of nitrogens with zero attached hydrogens (tertiary/aromatic N) is 2. The molecule has 0 aliphatic carbocycles. The zero-order chi connectivity index (χ0) is 14.4. The first kappa shape index (κ1) is 14.6. The van der Waals surface area contributed by atoms with Crippen LogP contribution in [0.15, 0.2) is 34.9 Å². The zero-order valence-electron chi connectivity index (χ0n) is 12.5. The molecule has 0 aliphatic rings. The number of hydrogen-bond donors (Lipinski definition) is 1. The maximum Gasteiger partial charge on any atom is 0.125 e. The van der Waals surface area contributed by atoms with Crippen molar-refractivity contribution in [3.63, 3.8) is 0 Å². The lowest BCUT2D eigenvalue weighted by Gasteiger charge is -2.15. The number of aromatic nitrogens is 1. The van der Waals surface area contributed by atoms with Crippen LogP contribution in [0.3, 0.4) is 0 Å². The van der Waals surface area contributed by atoms with E-state index in [9.17, 15) is 0 Å². The summed E-state index contributed by atoms with van der Waals surface area (Å²) in [4.78, 5) is 6.64. The average Bonchev–Trinajstić information content (AvgIpc) is 2.83. The van der Waals surface area contributed by atoms with Crippen molar-refractivity contribution in [2.24, 2.45) is 0 Å². The highest BCUT2D eigenvalue weighted by atomic mass is 16.3. The van der Waals surface area contributed by atoms with Crippen LogP contribution in [0, 0.1) is 6.92 Å². The normalized spacial score (nSPS) is 11.0. The van der Waals surface area contributed by atoms with Gasteiger partial charge in [0.2, 0.25) is 0 Å². The fraction of sp³-hybridized carbons (Fsp3) is 0.438. The van der Waals surface area contributed by atoms with Crippen LogP contribution in [0.5, 0.6) is 0 Å². The minimum atomic E-state index is 0.809. The maximum atomic E-state index is 5.59. The van der Waals surface area contributed by atoms with Crippen LogP contribution in [0.25, 0.3) is 0 Å². The van der Waals surface area contributed by atoms with Crippen LogP contribution >= 0.6 is 0 Å². The number of aryl methyl sites for hydroxylation is 1. The third kappa shape index (κ3) is 4.38. The molecule has 0 radical (unpaired) electrons. The van der Waals surface area contributed by atoms with E-state index in [1.165, 1.54) is 5.56 Å². The van der Waals surface area contributed by atoms with Gasteiger partial charge in [-0.15, -0.1) is 0 Å². The van der Waals surface area contributed by atoms with Crippen molar-refractivity contribution in [1.82, 2.24) is 9.88 Å². The van der Waals surface area contributed by atoms with Crippen molar-refractivity contribution < 1.29 is 4.42 Å². The number of anilines is 1. The predicted molar refractivity (Wildman–Crippen MR) is 81.6 cm³/mol. The molecule has 4 heteroatoms. The van der Waals surface area contributed by atoms with Crippen LogP contribution in [-0.2, 0) is 13.1 Å². The molecule has 4 nitrogen and oxygen atoms in total. The van der Waals surface area contributed by atoms with E-state index < -0.39 is 0 Å². The van der Waals surface area contributed by atoms with Gasteiger partial charge in [-0.05, 0) is 44.2 Å². The van der Waals surface area contributed by atoms with Crippen molar-refractivity contribution in [3.05, 3.63) is 47.5 Å². The fourth-order valence-electron chi connectivity index (χ4n) is 2.08. The molecule has 0 saturated heterocycles. The van der Waals surface area contributed by atoms with Crippen molar-refractivity contribution in [1.29, 1.82) is 0 Å². The van der Waals surface area contributed by atoms with Gasteiger partial charge < -0.3 is 9.73 Å². The summed E-state index contributed by atoms with van der Waals surface area (Å²) >= 11 is 0. The highest BCUT2D eigenvalue weighted by molar-refractivity contribution is 5.35. The van der Waals surface area contributed by atoms with Gasteiger partial charge in [0.1, 0.15) is 17.3 Å². The molecule has 2 rings (SSSR count). The average molecular weight is 273 g/mol. The Morgan fingerprint density at radius 3 is 2.65 bits per heavy atom. The molecule has 0 saturated carbocycles. The first-order valence-electron chi connectivity index (χ1n) is 7.10. The van der Waals surface area contributed by atoms with Crippen LogP contribution < -0.4 is 5.32 Å². The molecule has 1 N–H and O–H groups in total. The van der Waals surface area contributed by atoms with Crippen LogP contribution in [0.2, 0.25) is 0 Å². The van der Waals surface area contributed by atoms with Gasteiger partial charge in [0.05, 0.1) is 6.54 Å². The number of hydrogen-bond acceptors (Lipinski definition) is 4. The molecule has 0 spiro atoms. The highest BCUT2D eigenvalue weighted by Crippen LogP contribution is 2.12. The molecule has 0 unspecified atom stereocenters. The summed E-state index contributed by atoms with van der Waals surface area (Å²) in [5, 5.41) is 3.28. The summed E-state index contributed by atoms with van der Waals surface area (Å²) in [6.07, 6.45) is 3.04. The third-order valence-electron chi connectivity index (χ3n) is 3.06. The largest absolute Gasteiger partial charge is 0.465 e. The smallest absolute Gasteiger partial charge is 0.125 e. The van der Waals surface area contributed by atoms with Crippen molar-refractivity contribution in [2.45, 2.75) is 33.4 Å². The SMILES string of the molecule is CCCNc1ccc(CN(C)Cc2ccc(C)o2)cn1. The number of nitrogens with one attached hydrogen (secondary N) is 1. The molecule has 2 aromatic rings. The molecule has 0 amide bonds. The molecule has 0 aromatic carbocycles. The molecule has 0 fully saturated rings. The second-order valence-electron chi connectivity index (χ2n) is 5.16. The Bertz CT molecular complexity index is 519. The van der Waals surface area contributed by atoms with E-state index in [1.807, 2.05) is 31.3 Å². The van der Waals surface area contributed by atoms with E-state index in [0.29, 0.717) is 0 Å². The fourth-order valence-corrected chi connectivity index (χ4v) is 2.08.